The quantitative estimate of drug-likeness (QED) is 0.590. The molecule has 0 bridgehead atoms. The number of nitrogens with zero attached hydrogens (tertiary/aromatic N) is 6. The molecule has 1 aromatic carbocycles. The summed E-state index contributed by atoms with van der Waals surface area (Å²) in [5.74, 6) is 2.35. The second-order valence-electron chi connectivity index (χ2n) is 6.40. The van der Waals surface area contributed by atoms with Gasteiger partial charge in [-0.2, -0.15) is 4.31 Å². The molecule has 3 heterocycles. The Morgan fingerprint density at radius 2 is 1.71 bits per heavy atom. The minimum Gasteiger partial charge on any atom is -0.354 e. The summed E-state index contributed by atoms with van der Waals surface area (Å²) >= 11 is 3.34. The minimum atomic E-state index is -3.53. The van der Waals surface area contributed by atoms with E-state index in [1.54, 1.807) is 30.5 Å². The van der Waals surface area contributed by atoms with E-state index in [0.717, 1.165) is 17.5 Å². The first kappa shape index (κ1) is 19.0. The lowest BCUT2D eigenvalue weighted by Gasteiger charge is -2.34. The highest BCUT2D eigenvalue weighted by molar-refractivity contribution is 9.10. The van der Waals surface area contributed by atoms with Gasteiger partial charge in [-0.25, -0.2) is 23.4 Å². The molecule has 1 aliphatic heterocycles. The van der Waals surface area contributed by atoms with Crippen LogP contribution in [0.25, 0.3) is 5.82 Å². The van der Waals surface area contributed by atoms with Crippen LogP contribution in [0.4, 0.5) is 5.82 Å². The Kier molecular flexibility index (Phi) is 5.17. The van der Waals surface area contributed by atoms with Gasteiger partial charge >= 0.3 is 0 Å². The summed E-state index contributed by atoms with van der Waals surface area (Å²) < 4.78 is 29.9. The van der Waals surface area contributed by atoms with E-state index in [4.69, 9.17) is 0 Å². The molecule has 0 atom stereocenters. The predicted octanol–water partition coefficient (Wildman–Crippen LogP) is 2.24. The number of aryl methyl sites for hydroxylation is 1. The van der Waals surface area contributed by atoms with Gasteiger partial charge < -0.3 is 4.90 Å². The summed E-state index contributed by atoms with van der Waals surface area (Å²) in [4.78, 5) is 15.3. The average Bonchev–Trinajstić information content (AvgIpc) is 3.14. The summed E-state index contributed by atoms with van der Waals surface area (Å²) in [6, 6.07) is 8.79. The van der Waals surface area contributed by atoms with E-state index < -0.39 is 10.0 Å². The molecule has 0 N–H and O–H groups in total. The molecule has 4 rings (SSSR count). The zero-order valence-corrected chi connectivity index (χ0v) is 17.6. The molecule has 10 heteroatoms. The number of sulfonamides is 1. The summed E-state index contributed by atoms with van der Waals surface area (Å²) in [5.41, 5.74) is 0. The number of hydrogen-bond acceptors (Lipinski definition) is 6. The van der Waals surface area contributed by atoms with Gasteiger partial charge in [0.15, 0.2) is 0 Å². The van der Waals surface area contributed by atoms with Crippen molar-refractivity contribution in [2.24, 2.45) is 0 Å². The Morgan fingerprint density at radius 1 is 1.00 bits per heavy atom. The molecule has 8 nitrogen and oxygen atoms in total. The second kappa shape index (κ2) is 7.61. The molecule has 1 fully saturated rings. The molecular formula is C18H19BrN6O2S. The molecule has 0 aliphatic carbocycles. The monoisotopic (exact) mass is 462 g/mol. The van der Waals surface area contributed by atoms with E-state index in [1.165, 1.54) is 10.6 Å². The third-order valence-electron chi connectivity index (χ3n) is 4.73. The lowest BCUT2D eigenvalue weighted by Crippen LogP contribution is -2.49. The van der Waals surface area contributed by atoms with Crippen molar-refractivity contribution < 1.29 is 8.42 Å². The van der Waals surface area contributed by atoms with Gasteiger partial charge in [0.25, 0.3) is 0 Å². The van der Waals surface area contributed by atoms with Crippen LogP contribution in [0.2, 0.25) is 0 Å². The molecule has 146 valence electrons. The van der Waals surface area contributed by atoms with Crippen molar-refractivity contribution in [3.05, 3.63) is 59.3 Å². The number of piperazine rings is 1. The highest BCUT2D eigenvalue weighted by atomic mass is 79.9. The lowest BCUT2D eigenvalue weighted by molar-refractivity contribution is 0.383. The zero-order valence-electron chi connectivity index (χ0n) is 15.2. The van der Waals surface area contributed by atoms with Gasteiger partial charge in [-0.05, 0) is 35.0 Å². The fourth-order valence-corrected chi connectivity index (χ4v) is 5.60. The normalized spacial score (nSPS) is 15.7. The van der Waals surface area contributed by atoms with E-state index in [9.17, 15) is 8.42 Å². The SMILES string of the molecule is Cc1nccn1-c1cc(N2CCN(S(=O)(=O)c3ccccc3Br)CC2)ncn1. The lowest BCUT2D eigenvalue weighted by atomic mass is 10.3. The number of aromatic nitrogens is 4. The molecule has 0 radical (unpaired) electrons. The molecule has 1 aliphatic rings. The van der Waals surface area contributed by atoms with Crippen molar-refractivity contribution >= 4 is 31.8 Å². The topological polar surface area (TPSA) is 84.2 Å². The molecule has 2 aromatic heterocycles. The summed E-state index contributed by atoms with van der Waals surface area (Å²) in [6.07, 6.45) is 5.10. The van der Waals surface area contributed by atoms with Crippen molar-refractivity contribution in [3.63, 3.8) is 0 Å². The van der Waals surface area contributed by atoms with E-state index in [1.807, 2.05) is 23.8 Å². The fourth-order valence-electron chi connectivity index (χ4n) is 3.21. The maximum absolute atomic E-state index is 12.9. The van der Waals surface area contributed by atoms with Crippen molar-refractivity contribution in [2.45, 2.75) is 11.8 Å². The third-order valence-corrected chi connectivity index (χ3v) is 7.64. The first-order chi connectivity index (χ1) is 13.5. The van der Waals surface area contributed by atoms with Gasteiger partial charge in [-0.3, -0.25) is 4.57 Å². The Morgan fingerprint density at radius 3 is 2.39 bits per heavy atom. The number of benzene rings is 1. The third kappa shape index (κ3) is 3.54. The van der Waals surface area contributed by atoms with E-state index in [-0.39, 0.29) is 0 Å². The molecule has 28 heavy (non-hydrogen) atoms. The Labute approximate surface area is 172 Å². The first-order valence-corrected chi connectivity index (χ1v) is 11.0. The molecule has 0 amide bonds. The summed E-state index contributed by atoms with van der Waals surface area (Å²) in [6.45, 7) is 3.82. The number of anilines is 1. The van der Waals surface area contributed by atoms with Crippen molar-refractivity contribution in [1.29, 1.82) is 0 Å². The van der Waals surface area contributed by atoms with Crippen LogP contribution in [0, 0.1) is 6.92 Å². The minimum absolute atomic E-state index is 0.295. The first-order valence-electron chi connectivity index (χ1n) is 8.79. The van der Waals surface area contributed by atoms with Gasteiger partial charge in [0, 0.05) is 49.1 Å². The molecular weight excluding hydrogens is 444 g/mol. The van der Waals surface area contributed by atoms with Crippen LogP contribution in [-0.4, -0.2) is 58.4 Å². The van der Waals surface area contributed by atoms with Crippen LogP contribution >= 0.6 is 15.9 Å². The second-order valence-corrected chi connectivity index (χ2v) is 9.16. The summed E-state index contributed by atoms with van der Waals surface area (Å²) in [5, 5.41) is 0. The predicted molar refractivity (Wildman–Crippen MR) is 109 cm³/mol. The standard InChI is InChI=1S/C18H19BrN6O2S/c1-14-20-6-7-25(14)18-12-17(21-13-22-18)23-8-10-24(11-9-23)28(26,27)16-5-3-2-4-15(16)19/h2-7,12-13H,8-11H2,1H3. The van der Waals surface area contributed by atoms with Crippen LogP contribution in [0.5, 0.6) is 0 Å². The molecule has 0 unspecified atom stereocenters. The number of rotatable bonds is 4. The van der Waals surface area contributed by atoms with Crippen molar-refractivity contribution in [2.75, 3.05) is 31.1 Å². The van der Waals surface area contributed by atoms with Crippen LogP contribution < -0.4 is 4.90 Å². The fraction of sp³-hybridized carbons (Fsp3) is 0.278. The van der Waals surface area contributed by atoms with Crippen molar-refractivity contribution in [3.8, 4) is 5.82 Å². The average molecular weight is 463 g/mol. The van der Waals surface area contributed by atoms with E-state index >= 15 is 0 Å². The smallest absolute Gasteiger partial charge is 0.244 e. The van der Waals surface area contributed by atoms with E-state index in [2.05, 4.69) is 35.8 Å². The maximum Gasteiger partial charge on any atom is 0.244 e. The molecule has 0 saturated carbocycles. The zero-order chi connectivity index (χ0) is 19.7. The molecule has 0 spiro atoms. The Hall–Kier alpha value is -2.30. The van der Waals surface area contributed by atoms with Gasteiger partial charge in [0.1, 0.15) is 23.8 Å². The Balaban J connectivity index is 1.51. The maximum atomic E-state index is 12.9. The van der Waals surface area contributed by atoms with Gasteiger partial charge in [0.05, 0.1) is 4.90 Å². The van der Waals surface area contributed by atoms with Gasteiger partial charge in [-0.1, -0.05) is 12.1 Å². The highest BCUT2D eigenvalue weighted by Gasteiger charge is 2.30. The van der Waals surface area contributed by atoms with Crippen LogP contribution in [0.3, 0.4) is 0 Å². The molecule has 3 aromatic rings. The van der Waals surface area contributed by atoms with Gasteiger partial charge in [-0.15, -0.1) is 0 Å². The summed E-state index contributed by atoms with van der Waals surface area (Å²) in [7, 11) is -3.53. The molecule has 1 saturated heterocycles. The van der Waals surface area contributed by atoms with Crippen LogP contribution in [-0.2, 0) is 10.0 Å². The number of imidazole rings is 1. The van der Waals surface area contributed by atoms with Crippen LogP contribution in [0.15, 0.2) is 58.4 Å². The Bertz CT molecular complexity index is 1090. The van der Waals surface area contributed by atoms with Crippen LogP contribution in [0.1, 0.15) is 5.82 Å². The largest absolute Gasteiger partial charge is 0.354 e. The number of halogens is 1. The van der Waals surface area contributed by atoms with Crippen molar-refractivity contribution in [1.82, 2.24) is 23.8 Å². The highest BCUT2D eigenvalue weighted by Crippen LogP contribution is 2.26. The van der Waals surface area contributed by atoms with Gasteiger partial charge in [0.2, 0.25) is 10.0 Å². The van der Waals surface area contributed by atoms with E-state index in [0.29, 0.717) is 35.5 Å². The number of hydrogen-bond donors (Lipinski definition) is 0.